The Bertz CT molecular complexity index is 644. The summed E-state index contributed by atoms with van der Waals surface area (Å²) in [6, 6.07) is 4.09. The molecule has 1 N–H and O–H groups in total. The van der Waals surface area contributed by atoms with Gasteiger partial charge in [-0.15, -0.1) is 0 Å². The van der Waals surface area contributed by atoms with Crippen LogP contribution in [0, 0.1) is 5.92 Å². The first-order valence-corrected chi connectivity index (χ1v) is 8.51. The highest BCUT2D eigenvalue weighted by Gasteiger charge is 2.26. The molecule has 2 fully saturated rings. The lowest BCUT2D eigenvalue weighted by atomic mass is 9.98. The van der Waals surface area contributed by atoms with E-state index in [2.05, 4.69) is 32.9 Å². The molecule has 2 aromatic rings. The SMILES string of the molecule is CN1CCC(Cn2c(C3CCCNC3)nc3cccnc32)C1. The molecular formula is C17H25N5. The second-order valence-corrected chi connectivity index (χ2v) is 6.89. The van der Waals surface area contributed by atoms with Gasteiger partial charge in [0.05, 0.1) is 0 Å². The quantitative estimate of drug-likeness (QED) is 0.939. The molecule has 0 spiro atoms. The van der Waals surface area contributed by atoms with Crippen molar-refractivity contribution in [2.45, 2.75) is 31.7 Å². The van der Waals surface area contributed by atoms with Gasteiger partial charge in [-0.25, -0.2) is 9.97 Å². The Morgan fingerprint density at radius 2 is 2.32 bits per heavy atom. The van der Waals surface area contributed by atoms with Crippen LogP contribution >= 0.6 is 0 Å². The number of likely N-dealkylation sites (tertiary alicyclic amines) is 1. The molecular weight excluding hydrogens is 274 g/mol. The van der Waals surface area contributed by atoms with Crippen LogP contribution in [0.5, 0.6) is 0 Å². The van der Waals surface area contributed by atoms with Gasteiger partial charge in [0.1, 0.15) is 11.3 Å². The highest BCUT2D eigenvalue weighted by Crippen LogP contribution is 2.28. The van der Waals surface area contributed by atoms with Gasteiger partial charge in [0.25, 0.3) is 0 Å². The van der Waals surface area contributed by atoms with E-state index in [1.807, 2.05) is 12.3 Å². The zero-order chi connectivity index (χ0) is 14.9. The number of hydrogen-bond acceptors (Lipinski definition) is 4. The van der Waals surface area contributed by atoms with Crippen molar-refractivity contribution in [3.05, 3.63) is 24.2 Å². The van der Waals surface area contributed by atoms with Crippen molar-refractivity contribution in [2.75, 3.05) is 33.2 Å². The minimum absolute atomic E-state index is 0.530. The van der Waals surface area contributed by atoms with E-state index in [4.69, 9.17) is 4.98 Å². The molecule has 0 amide bonds. The van der Waals surface area contributed by atoms with Crippen LogP contribution in [0.2, 0.25) is 0 Å². The molecule has 4 rings (SSSR count). The minimum Gasteiger partial charge on any atom is -0.316 e. The van der Waals surface area contributed by atoms with Crippen molar-refractivity contribution in [3.63, 3.8) is 0 Å². The molecule has 2 aromatic heterocycles. The molecule has 118 valence electrons. The number of rotatable bonds is 3. The maximum Gasteiger partial charge on any atom is 0.160 e. The van der Waals surface area contributed by atoms with Crippen molar-refractivity contribution in [3.8, 4) is 0 Å². The Morgan fingerprint density at radius 1 is 1.36 bits per heavy atom. The zero-order valence-corrected chi connectivity index (χ0v) is 13.3. The summed E-state index contributed by atoms with van der Waals surface area (Å²) in [6.45, 7) is 5.65. The fourth-order valence-electron chi connectivity index (χ4n) is 3.97. The van der Waals surface area contributed by atoms with Gasteiger partial charge < -0.3 is 14.8 Å². The summed E-state index contributed by atoms with van der Waals surface area (Å²) in [5, 5.41) is 3.52. The smallest absolute Gasteiger partial charge is 0.160 e. The molecule has 2 saturated heterocycles. The Balaban J connectivity index is 1.69. The standard InChI is InChI=1S/C17H25N5/c1-21-9-6-13(11-21)12-22-16(14-4-2-7-18-10-14)20-15-5-3-8-19-17(15)22/h3,5,8,13-14,18H,2,4,6-7,9-12H2,1H3. The summed E-state index contributed by atoms with van der Waals surface area (Å²) in [7, 11) is 2.22. The lowest BCUT2D eigenvalue weighted by Crippen LogP contribution is -2.30. The van der Waals surface area contributed by atoms with Gasteiger partial charge in [0.15, 0.2) is 5.65 Å². The predicted molar refractivity (Wildman–Crippen MR) is 88.0 cm³/mol. The monoisotopic (exact) mass is 299 g/mol. The summed E-state index contributed by atoms with van der Waals surface area (Å²) >= 11 is 0. The Labute approximate surface area is 131 Å². The highest BCUT2D eigenvalue weighted by atomic mass is 15.2. The fraction of sp³-hybridized carbons (Fsp3) is 0.647. The first-order chi connectivity index (χ1) is 10.8. The number of nitrogens with zero attached hydrogens (tertiary/aromatic N) is 4. The topological polar surface area (TPSA) is 46.0 Å². The van der Waals surface area contributed by atoms with E-state index in [0.717, 1.165) is 36.7 Å². The van der Waals surface area contributed by atoms with E-state index in [1.165, 1.54) is 38.2 Å². The fourth-order valence-corrected chi connectivity index (χ4v) is 3.97. The van der Waals surface area contributed by atoms with E-state index in [-0.39, 0.29) is 0 Å². The molecule has 0 aromatic carbocycles. The van der Waals surface area contributed by atoms with Crippen LogP contribution in [-0.4, -0.2) is 52.7 Å². The van der Waals surface area contributed by atoms with Gasteiger partial charge in [0, 0.05) is 31.7 Å². The van der Waals surface area contributed by atoms with E-state index >= 15 is 0 Å². The van der Waals surface area contributed by atoms with Crippen LogP contribution in [0.3, 0.4) is 0 Å². The average molecular weight is 299 g/mol. The number of fused-ring (bicyclic) bond motifs is 1. The van der Waals surface area contributed by atoms with Crippen molar-refractivity contribution in [2.24, 2.45) is 5.92 Å². The number of aromatic nitrogens is 3. The Hall–Kier alpha value is -1.46. The van der Waals surface area contributed by atoms with E-state index in [9.17, 15) is 0 Å². The first-order valence-electron chi connectivity index (χ1n) is 8.51. The highest BCUT2D eigenvalue weighted by molar-refractivity contribution is 5.71. The third-order valence-corrected chi connectivity index (χ3v) is 5.13. The predicted octanol–water partition coefficient (Wildman–Crippen LogP) is 1.85. The third-order valence-electron chi connectivity index (χ3n) is 5.13. The summed E-state index contributed by atoms with van der Waals surface area (Å²) in [5.74, 6) is 2.50. The van der Waals surface area contributed by atoms with Crippen LogP contribution < -0.4 is 5.32 Å². The van der Waals surface area contributed by atoms with Gasteiger partial charge in [-0.3, -0.25) is 0 Å². The van der Waals surface area contributed by atoms with Gasteiger partial charge in [-0.1, -0.05) is 0 Å². The van der Waals surface area contributed by atoms with Crippen molar-refractivity contribution < 1.29 is 0 Å². The number of nitrogens with one attached hydrogen (secondary N) is 1. The maximum absolute atomic E-state index is 4.94. The molecule has 5 nitrogen and oxygen atoms in total. The Kier molecular flexibility index (Phi) is 3.84. The summed E-state index contributed by atoms with van der Waals surface area (Å²) in [6.07, 6.45) is 5.66. The van der Waals surface area contributed by atoms with Crippen LogP contribution in [0.4, 0.5) is 0 Å². The molecule has 4 heterocycles. The molecule has 2 atom stereocenters. The third kappa shape index (κ3) is 2.63. The lowest BCUT2D eigenvalue weighted by Gasteiger charge is -2.24. The molecule has 2 unspecified atom stereocenters. The molecule has 2 aliphatic rings. The van der Waals surface area contributed by atoms with E-state index in [0.29, 0.717) is 5.92 Å². The maximum atomic E-state index is 4.94. The number of imidazole rings is 1. The van der Waals surface area contributed by atoms with Gasteiger partial charge in [0.2, 0.25) is 0 Å². The van der Waals surface area contributed by atoms with Gasteiger partial charge in [-0.2, -0.15) is 0 Å². The van der Waals surface area contributed by atoms with Gasteiger partial charge >= 0.3 is 0 Å². The summed E-state index contributed by atoms with van der Waals surface area (Å²) in [4.78, 5) is 12.0. The number of pyridine rings is 1. The summed E-state index contributed by atoms with van der Waals surface area (Å²) in [5.41, 5.74) is 2.12. The minimum atomic E-state index is 0.530. The second-order valence-electron chi connectivity index (χ2n) is 6.89. The second kappa shape index (κ2) is 5.97. The van der Waals surface area contributed by atoms with Crippen LogP contribution in [0.1, 0.15) is 31.0 Å². The molecule has 0 radical (unpaired) electrons. The van der Waals surface area contributed by atoms with Crippen LogP contribution in [-0.2, 0) is 6.54 Å². The lowest BCUT2D eigenvalue weighted by molar-refractivity contribution is 0.369. The van der Waals surface area contributed by atoms with Crippen molar-refractivity contribution >= 4 is 11.2 Å². The number of hydrogen-bond donors (Lipinski definition) is 1. The molecule has 0 saturated carbocycles. The van der Waals surface area contributed by atoms with E-state index in [1.54, 1.807) is 0 Å². The normalized spacial score (nSPS) is 26.8. The van der Waals surface area contributed by atoms with Crippen LogP contribution in [0.15, 0.2) is 18.3 Å². The Morgan fingerprint density at radius 3 is 3.09 bits per heavy atom. The van der Waals surface area contributed by atoms with E-state index < -0.39 is 0 Å². The molecule has 5 heteroatoms. The number of piperidine rings is 1. The van der Waals surface area contributed by atoms with Crippen LogP contribution in [0.25, 0.3) is 11.2 Å². The average Bonchev–Trinajstić information content (AvgIpc) is 3.13. The zero-order valence-electron chi connectivity index (χ0n) is 13.3. The van der Waals surface area contributed by atoms with Crippen molar-refractivity contribution in [1.29, 1.82) is 0 Å². The first kappa shape index (κ1) is 14.2. The van der Waals surface area contributed by atoms with Gasteiger partial charge in [-0.05, 0) is 57.5 Å². The molecule has 22 heavy (non-hydrogen) atoms. The van der Waals surface area contributed by atoms with Crippen molar-refractivity contribution in [1.82, 2.24) is 24.8 Å². The largest absolute Gasteiger partial charge is 0.316 e. The molecule has 0 aliphatic carbocycles. The molecule has 2 aliphatic heterocycles. The molecule has 0 bridgehead atoms. The summed E-state index contributed by atoms with van der Waals surface area (Å²) < 4.78 is 2.41.